The van der Waals surface area contributed by atoms with Crippen LogP contribution in [0.3, 0.4) is 0 Å². The van der Waals surface area contributed by atoms with E-state index in [-0.39, 0.29) is 12.2 Å². The standard InChI is InChI=1S/C9H10N2O/c1-6-5-8(3-4-10)9(12)7(2)11-6/h5,12H,3H2,1-2H3. The molecular weight excluding hydrogens is 152 g/mol. The Balaban J connectivity index is 3.20. The number of hydrogen-bond acceptors (Lipinski definition) is 3. The van der Waals surface area contributed by atoms with Crippen molar-refractivity contribution in [2.45, 2.75) is 20.3 Å². The van der Waals surface area contributed by atoms with Crippen molar-refractivity contribution in [1.82, 2.24) is 4.98 Å². The highest BCUT2D eigenvalue weighted by Gasteiger charge is 2.05. The van der Waals surface area contributed by atoms with Gasteiger partial charge in [0.05, 0.1) is 18.2 Å². The van der Waals surface area contributed by atoms with Gasteiger partial charge in [-0.05, 0) is 19.9 Å². The maximum atomic E-state index is 9.44. The van der Waals surface area contributed by atoms with Crippen LogP contribution in [0, 0.1) is 25.2 Å². The fourth-order valence-corrected chi connectivity index (χ4v) is 1.12. The van der Waals surface area contributed by atoms with Gasteiger partial charge in [-0.3, -0.25) is 4.98 Å². The van der Waals surface area contributed by atoms with Crippen LogP contribution in [0.25, 0.3) is 0 Å². The Hall–Kier alpha value is -1.56. The summed E-state index contributed by atoms with van der Waals surface area (Å²) >= 11 is 0. The quantitative estimate of drug-likeness (QED) is 0.680. The van der Waals surface area contributed by atoms with Gasteiger partial charge in [0.15, 0.2) is 0 Å². The van der Waals surface area contributed by atoms with Crippen LogP contribution in [0.2, 0.25) is 0 Å². The molecule has 3 nitrogen and oxygen atoms in total. The third-order valence-corrected chi connectivity index (χ3v) is 1.64. The Labute approximate surface area is 71.3 Å². The van der Waals surface area contributed by atoms with E-state index < -0.39 is 0 Å². The summed E-state index contributed by atoms with van der Waals surface area (Å²) in [6, 6.07) is 3.72. The third kappa shape index (κ3) is 1.54. The summed E-state index contributed by atoms with van der Waals surface area (Å²) in [6.07, 6.45) is 0.232. The summed E-state index contributed by atoms with van der Waals surface area (Å²) in [6.45, 7) is 3.57. The number of nitriles is 1. The lowest BCUT2D eigenvalue weighted by atomic mass is 10.1. The largest absolute Gasteiger partial charge is 0.506 e. The van der Waals surface area contributed by atoms with Gasteiger partial charge in [-0.1, -0.05) is 0 Å². The van der Waals surface area contributed by atoms with Gasteiger partial charge < -0.3 is 5.11 Å². The van der Waals surface area contributed by atoms with Gasteiger partial charge in [0.1, 0.15) is 5.75 Å². The van der Waals surface area contributed by atoms with Crippen LogP contribution >= 0.6 is 0 Å². The van der Waals surface area contributed by atoms with E-state index in [1.165, 1.54) is 0 Å². The molecule has 0 atom stereocenters. The van der Waals surface area contributed by atoms with Gasteiger partial charge in [-0.25, -0.2) is 0 Å². The first-order valence-corrected chi connectivity index (χ1v) is 3.68. The minimum atomic E-state index is 0.141. The lowest BCUT2D eigenvalue weighted by Crippen LogP contribution is -1.92. The molecule has 1 aromatic rings. The minimum Gasteiger partial charge on any atom is -0.506 e. The fraction of sp³-hybridized carbons (Fsp3) is 0.333. The Morgan fingerprint density at radius 3 is 2.83 bits per heavy atom. The number of hydrogen-bond donors (Lipinski definition) is 1. The molecule has 0 saturated heterocycles. The highest BCUT2D eigenvalue weighted by atomic mass is 16.3. The van der Waals surface area contributed by atoms with Crippen LogP contribution in [0.5, 0.6) is 5.75 Å². The number of rotatable bonds is 1. The Morgan fingerprint density at radius 1 is 1.58 bits per heavy atom. The molecule has 0 aromatic carbocycles. The first-order valence-electron chi connectivity index (χ1n) is 3.68. The van der Waals surface area contributed by atoms with E-state index in [0.717, 1.165) is 5.69 Å². The van der Waals surface area contributed by atoms with Gasteiger partial charge in [0, 0.05) is 11.3 Å². The van der Waals surface area contributed by atoms with Crippen LogP contribution in [0.4, 0.5) is 0 Å². The summed E-state index contributed by atoms with van der Waals surface area (Å²) in [5, 5.41) is 17.9. The van der Waals surface area contributed by atoms with Crippen LogP contribution in [-0.2, 0) is 6.42 Å². The normalized spacial score (nSPS) is 9.42. The van der Waals surface area contributed by atoms with Gasteiger partial charge in [0.25, 0.3) is 0 Å². The van der Waals surface area contributed by atoms with E-state index >= 15 is 0 Å². The molecule has 1 aromatic heterocycles. The SMILES string of the molecule is Cc1cc(CC#N)c(O)c(C)n1. The first-order chi connectivity index (χ1) is 5.65. The molecule has 0 radical (unpaired) electrons. The molecule has 0 unspecified atom stereocenters. The zero-order valence-electron chi connectivity index (χ0n) is 7.13. The number of aryl methyl sites for hydroxylation is 2. The second-order valence-corrected chi connectivity index (χ2v) is 2.69. The summed E-state index contributed by atoms with van der Waals surface area (Å²) in [7, 11) is 0. The van der Waals surface area contributed by atoms with Crippen molar-refractivity contribution in [2.75, 3.05) is 0 Å². The highest BCUT2D eigenvalue weighted by molar-refractivity contribution is 5.38. The van der Waals surface area contributed by atoms with E-state index in [0.29, 0.717) is 11.3 Å². The van der Waals surface area contributed by atoms with Gasteiger partial charge in [-0.2, -0.15) is 5.26 Å². The molecule has 12 heavy (non-hydrogen) atoms. The van der Waals surface area contributed by atoms with Crippen LogP contribution in [0.1, 0.15) is 17.0 Å². The second kappa shape index (κ2) is 3.22. The molecule has 0 fully saturated rings. The third-order valence-electron chi connectivity index (χ3n) is 1.64. The average Bonchev–Trinajstić information content (AvgIpc) is 2.00. The number of nitrogens with zero attached hydrogens (tertiary/aromatic N) is 2. The molecule has 0 saturated carbocycles. The van der Waals surface area contributed by atoms with Gasteiger partial charge >= 0.3 is 0 Å². The van der Waals surface area contributed by atoms with Crippen molar-refractivity contribution in [3.05, 3.63) is 23.0 Å². The van der Waals surface area contributed by atoms with Crippen molar-refractivity contribution < 1.29 is 5.11 Å². The molecule has 0 bridgehead atoms. The predicted molar refractivity (Wildman–Crippen MR) is 44.7 cm³/mol. The zero-order valence-corrected chi connectivity index (χ0v) is 7.13. The lowest BCUT2D eigenvalue weighted by molar-refractivity contribution is 0.461. The molecule has 3 heteroatoms. The van der Waals surface area contributed by atoms with E-state index in [2.05, 4.69) is 4.98 Å². The highest BCUT2D eigenvalue weighted by Crippen LogP contribution is 2.20. The van der Waals surface area contributed by atoms with Crippen molar-refractivity contribution in [3.8, 4) is 11.8 Å². The number of aromatic nitrogens is 1. The van der Waals surface area contributed by atoms with E-state index in [4.69, 9.17) is 5.26 Å². The second-order valence-electron chi connectivity index (χ2n) is 2.69. The Kier molecular flexibility index (Phi) is 2.29. The molecule has 0 aliphatic rings. The number of aromatic hydroxyl groups is 1. The Bertz CT molecular complexity index is 339. The monoisotopic (exact) mass is 162 g/mol. The van der Waals surface area contributed by atoms with E-state index in [1.807, 2.05) is 13.0 Å². The minimum absolute atomic E-state index is 0.141. The van der Waals surface area contributed by atoms with Crippen LogP contribution < -0.4 is 0 Å². The van der Waals surface area contributed by atoms with Crippen LogP contribution in [0.15, 0.2) is 6.07 Å². The van der Waals surface area contributed by atoms with Crippen molar-refractivity contribution in [2.24, 2.45) is 0 Å². The Morgan fingerprint density at radius 2 is 2.25 bits per heavy atom. The number of pyridine rings is 1. The molecule has 1 rings (SSSR count). The summed E-state index contributed by atoms with van der Waals surface area (Å²) in [5.74, 6) is 0.141. The molecule has 1 heterocycles. The maximum Gasteiger partial charge on any atom is 0.141 e. The summed E-state index contributed by atoms with van der Waals surface area (Å²) < 4.78 is 0. The van der Waals surface area contributed by atoms with Gasteiger partial charge in [-0.15, -0.1) is 0 Å². The molecule has 62 valence electrons. The van der Waals surface area contributed by atoms with Crippen molar-refractivity contribution in [1.29, 1.82) is 5.26 Å². The molecule has 0 aliphatic carbocycles. The molecule has 0 amide bonds. The average molecular weight is 162 g/mol. The maximum absolute atomic E-state index is 9.44. The fourth-order valence-electron chi connectivity index (χ4n) is 1.12. The summed E-state index contributed by atoms with van der Waals surface area (Å²) in [4.78, 5) is 4.06. The molecule has 0 aliphatic heterocycles. The smallest absolute Gasteiger partial charge is 0.141 e. The van der Waals surface area contributed by atoms with Crippen molar-refractivity contribution >= 4 is 0 Å². The topological polar surface area (TPSA) is 56.9 Å². The molecular formula is C9H10N2O. The van der Waals surface area contributed by atoms with E-state index in [9.17, 15) is 5.11 Å². The van der Waals surface area contributed by atoms with Gasteiger partial charge in [0.2, 0.25) is 0 Å². The van der Waals surface area contributed by atoms with Crippen LogP contribution in [-0.4, -0.2) is 10.1 Å². The molecule has 0 spiro atoms. The van der Waals surface area contributed by atoms with E-state index in [1.54, 1.807) is 13.0 Å². The molecule has 1 N–H and O–H groups in total. The predicted octanol–water partition coefficient (Wildman–Crippen LogP) is 1.47. The lowest BCUT2D eigenvalue weighted by Gasteiger charge is -2.04. The van der Waals surface area contributed by atoms with Crippen molar-refractivity contribution in [3.63, 3.8) is 0 Å². The summed E-state index contributed by atoms with van der Waals surface area (Å²) in [5.41, 5.74) is 2.07. The first kappa shape index (κ1) is 8.54. The zero-order chi connectivity index (χ0) is 9.14.